The molecule has 6 nitrogen and oxygen atoms in total. The molecule has 1 amide bonds. The first-order chi connectivity index (χ1) is 15.5. The van der Waals surface area contributed by atoms with E-state index in [0.29, 0.717) is 18.8 Å². The van der Waals surface area contributed by atoms with Gasteiger partial charge in [0.25, 0.3) is 5.91 Å². The molecule has 0 saturated carbocycles. The first-order valence-electron chi connectivity index (χ1n) is 10.7. The molecule has 3 aromatic carbocycles. The molecule has 0 aliphatic carbocycles. The molecule has 1 N–H and O–H groups in total. The average Bonchev–Trinajstić information content (AvgIpc) is 3.39. The zero-order chi connectivity index (χ0) is 22.4. The highest BCUT2D eigenvalue weighted by Crippen LogP contribution is 2.24. The molecule has 0 spiro atoms. The van der Waals surface area contributed by atoms with Crippen LogP contribution in [0.2, 0.25) is 0 Å². The largest absolute Gasteiger partial charge is 0.484 e. The highest BCUT2D eigenvalue weighted by atomic mass is 32.2. The number of ether oxygens (including phenoxy) is 1. The standard InChI is InChI=1S/C25H26N2O4S/c28-24(26-25(20-9-3-1-4-10-20)21-11-5-2-6-12-21)19-31-22-13-15-23(16-14-22)32(29,30)27-17-7-8-18-27/h1-6,9-16,25H,7-8,17-19H2,(H,26,28). The fraction of sp³-hybridized carbons (Fsp3) is 0.240. The fourth-order valence-electron chi connectivity index (χ4n) is 3.79. The van der Waals surface area contributed by atoms with E-state index in [4.69, 9.17) is 4.74 Å². The van der Waals surface area contributed by atoms with Crippen molar-refractivity contribution in [3.05, 3.63) is 96.1 Å². The van der Waals surface area contributed by atoms with Crippen LogP contribution < -0.4 is 10.1 Å². The number of sulfonamides is 1. The van der Waals surface area contributed by atoms with E-state index in [-0.39, 0.29) is 23.5 Å². The zero-order valence-corrected chi connectivity index (χ0v) is 18.5. The quantitative estimate of drug-likeness (QED) is 0.567. The Bertz CT molecular complexity index is 1090. The molecule has 0 aromatic heterocycles. The van der Waals surface area contributed by atoms with E-state index in [1.165, 1.54) is 16.4 Å². The van der Waals surface area contributed by atoms with Gasteiger partial charge in [-0.15, -0.1) is 0 Å². The lowest BCUT2D eigenvalue weighted by atomic mass is 9.99. The van der Waals surface area contributed by atoms with Crippen molar-refractivity contribution >= 4 is 15.9 Å². The third kappa shape index (κ3) is 5.18. The van der Waals surface area contributed by atoms with Gasteiger partial charge < -0.3 is 10.1 Å². The molecule has 1 saturated heterocycles. The van der Waals surface area contributed by atoms with E-state index in [9.17, 15) is 13.2 Å². The summed E-state index contributed by atoms with van der Waals surface area (Å²) in [5, 5.41) is 3.03. The van der Waals surface area contributed by atoms with Crippen molar-refractivity contribution < 1.29 is 17.9 Å². The molecular weight excluding hydrogens is 424 g/mol. The number of amides is 1. The predicted octanol–water partition coefficient (Wildman–Crippen LogP) is 3.76. The van der Waals surface area contributed by atoms with Gasteiger partial charge in [0.1, 0.15) is 5.75 Å². The summed E-state index contributed by atoms with van der Waals surface area (Å²) in [6.45, 7) is 0.948. The molecule has 7 heteroatoms. The second-order valence-corrected chi connectivity index (χ2v) is 9.63. The summed E-state index contributed by atoms with van der Waals surface area (Å²) in [6, 6.07) is 25.4. The molecule has 1 aliphatic heterocycles. The fourth-order valence-corrected chi connectivity index (χ4v) is 5.30. The Balaban J connectivity index is 1.39. The van der Waals surface area contributed by atoms with Gasteiger partial charge in [-0.1, -0.05) is 60.7 Å². The Kier molecular flexibility index (Phi) is 6.87. The van der Waals surface area contributed by atoms with E-state index in [2.05, 4.69) is 5.32 Å². The number of hydrogen-bond acceptors (Lipinski definition) is 4. The van der Waals surface area contributed by atoms with Crippen molar-refractivity contribution in [1.29, 1.82) is 0 Å². The Hall–Kier alpha value is -3.16. The molecule has 1 fully saturated rings. The van der Waals surface area contributed by atoms with E-state index in [0.717, 1.165) is 24.0 Å². The first-order valence-corrected chi connectivity index (χ1v) is 12.1. The van der Waals surface area contributed by atoms with Crippen LogP contribution in [0.3, 0.4) is 0 Å². The molecule has 0 unspecified atom stereocenters. The molecule has 32 heavy (non-hydrogen) atoms. The lowest BCUT2D eigenvalue weighted by molar-refractivity contribution is -0.123. The van der Waals surface area contributed by atoms with Crippen LogP contribution in [-0.4, -0.2) is 38.3 Å². The zero-order valence-electron chi connectivity index (χ0n) is 17.7. The Morgan fingerprint density at radius 3 is 1.91 bits per heavy atom. The third-order valence-corrected chi connectivity index (χ3v) is 7.38. The molecule has 1 heterocycles. The molecule has 166 valence electrons. The van der Waals surface area contributed by atoms with Gasteiger partial charge in [-0.2, -0.15) is 4.31 Å². The Labute approximate surface area is 188 Å². The lowest BCUT2D eigenvalue weighted by Gasteiger charge is -2.20. The van der Waals surface area contributed by atoms with E-state index < -0.39 is 10.0 Å². The first kappa shape index (κ1) is 22.0. The maximum absolute atomic E-state index is 12.6. The van der Waals surface area contributed by atoms with Crippen LogP contribution in [0.25, 0.3) is 0 Å². The highest BCUT2D eigenvalue weighted by Gasteiger charge is 2.27. The summed E-state index contributed by atoms with van der Waals surface area (Å²) in [5.74, 6) is 0.174. The SMILES string of the molecule is O=C(COc1ccc(S(=O)(=O)N2CCCC2)cc1)NC(c1ccccc1)c1ccccc1. The monoisotopic (exact) mass is 450 g/mol. The van der Waals surface area contributed by atoms with Crippen LogP contribution in [0, 0.1) is 0 Å². The number of rotatable bonds is 8. The van der Waals surface area contributed by atoms with Gasteiger partial charge >= 0.3 is 0 Å². The van der Waals surface area contributed by atoms with Crippen molar-refractivity contribution in [1.82, 2.24) is 9.62 Å². The minimum absolute atomic E-state index is 0.172. The van der Waals surface area contributed by atoms with Crippen LogP contribution >= 0.6 is 0 Å². The summed E-state index contributed by atoms with van der Waals surface area (Å²) >= 11 is 0. The molecule has 0 atom stereocenters. The summed E-state index contributed by atoms with van der Waals surface area (Å²) in [4.78, 5) is 12.9. The van der Waals surface area contributed by atoms with Gasteiger partial charge in [0, 0.05) is 13.1 Å². The minimum Gasteiger partial charge on any atom is -0.484 e. The van der Waals surface area contributed by atoms with Crippen LogP contribution in [-0.2, 0) is 14.8 Å². The molecule has 0 bridgehead atoms. The van der Waals surface area contributed by atoms with Crippen LogP contribution in [0.4, 0.5) is 0 Å². The second kappa shape index (κ2) is 9.97. The van der Waals surface area contributed by atoms with E-state index in [1.54, 1.807) is 12.1 Å². The molecule has 3 aromatic rings. The predicted molar refractivity (Wildman–Crippen MR) is 123 cm³/mol. The molecular formula is C25H26N2O4S. The maximum Gasteiger partial charge on any atom is 0.258 e. The topological polar surface area (TPSA) is 75.7 Å². The number of carbonyl (C=O) groups excluding carboxylic acids is 1. The van der Waals surface area contributed by atoms with Gasteiger partial charge in [0.05, 0.1) is 10.9 Å². The number of nitrogens with zero attached hydrogens (tertiary/aromatic N) is 1. The number of benzene rings is 3. The van der Waals surface area contributed by atoms with Gasteiger partial charge in [0.2, 0.25) is 10.0 Å². The van der Waals surface area contributed by atoms with Gasteiger partial charge in [-0.05, 0) is 48.2 Å². The van der Waals surface area contributed by atoms with Crippen molar-refractivity contribution in [2.24, 2.45) is 0 Å². The number of hydrogen-bond donors (Lipinski definition) is 1. The third-order valence-electron chi connectivity index (χ3n) is 5.47. The Morgan fingerprint density at radius 2 is 1.38 bits per heavy atom. The Morgan fingerprint density at radius 1 is 0.844 bits per heavy atom. The van der Waals surface area contributed by atoms with Crippen molar-refractivity contribution in [2.45, 2.75) is 23.8 Å². The summed E-state index contributed by atoms with van der Waals surface area (Å²) in [6.07, 6.45) is 1.78. The van der Waals surface area contributed by atoms with Crippen molar-refractivity contribution in [3.63, 3.8) is 0 Å². The second-order valence-electron chi connectivity index (χ2n) is 7.69. The minimum atomic E-state index is -3.47. The number of nitrogens with one attached hydrogen (secondary N) is 1. The van der Waals surface area contributed by atoms with Crippen molar-refractivity contribution in [3.8, 4) is 5.75 Å². The summed E-state index contributed by atoms with van der Waals surface area (Å²) in [5.41, 5.74) is 1.95. The number of carbonyl (C=O) groups is 1. The molecule has 0 radical (unpaired) electrons. The van der Waals surface area contributed by atoms with Crippen LogP contribution in [0.5, 0.6) is 5.75 Å². The average molecular weight is 451 g/mol. The smallest absolute Gasteiger partial charge is 0.258 e. The maximum atomic E-state index is 12.6. The van der Waals surface area contributed by atoms with Gasteiger partial charge in [-0.25, -0.2) is 8.42 Å². The normalized spacial score (nSPS) is 14.4. The van der Waals surface area contributed by atoms with Crippen LogP contribution in [0.15, 0.2) is 89.8 Å². The molecule has 4 rings (SSSR count). The van der Waals surface area contributed by atoms with Crippen LogP contribution in [0.1, 0.15) is 30.0 Å². The van der Waals surface area contributed by atoms with E-state index in [1.807, 2.05) is 60.7 Å². The van der Waals surface area contributed by atoms with Crippen molar-refractivity contribution in [2.75, 3.05) is 19.7 Å². The molecule has 1 aliphatic rings. The van der Waals surface area contributed by atoms with Gasteiger partial charge in [-0.3, -0.25) is 4.79 Å². The summed E-state index contributed by atoms with van der Waals surface area (Å²) in [7, 11) is -3.47. The van der Waals surface area contributed by atoms with E-state index >= 15 is 0 Å². The lowest BCUT2D eigenvalue weighted by Crippen LogP contribution is -2.33. The van der Waals surface area contributed by atoms with Gasteiger partial charge in [0.15, 0.2) is 6.61 Å². The highest BCUT2D eigenvalue weighted by molar-refractivity contribution is 7.89. The summed E-state index contributed by atoms with van der Waals surface area (Å²) < 4.78 is 32.4.